The highest BCUT2D eigenvalue weighted by Crippen LogP contribution is 2.40. The fourth-order valence-corrected chi connectivity index (χ4v) is 8.49. The lowest BCUT2D eigenvalue weighted by molar-refractivity contribution is -0.122. The van der Waals surface area contributed by atoms with Crippen LogP contribution in [0, 0.1) is 12.8 Å². The van der Waals surface area contributed by atoms with Crippen LogP contribution in [0.15, 0.2) is 29.8 Å². The Kier molecular flexibility index (Phi) is 9.39. The van der Waals surface area contributed by atoms with Crippen LogP contribution in [0.4, 0.5) is 10.8 Å². The van der Waals surface area contributed by atoms with Crippen molar-refractivity contribution in [2.24, 2.45) is 5.92 Å². The van der Waals surface area contributed by atoms with Crippen molar-refractivity contribution >= 4 is 39.0 Å². The molecule has 3 atom stereocenters. The summed E-state index contributed by atoms with van der Waals surface area (Å²) >= 11 is 1.69. The molecule has 0 radical (unpaired) electrons. The van der Waals surface area contributed by atoms with E-state index in [1.165, 1.54) is 32.4 Å². The number of nitrogens with one attached hydrogen (secondary N) is 1. The molecule has 2 aromatic heterocycles. The summed E-state index contributed by atoms with van der Waals surface area (Å²) in [6, 6.07) is 6.87. The zero-order valence-corrected chi connectivity index (χ0v) is 27.6. The molecule has 3 aliphatic heterocycles. The predicted octanol–water partition coefficient (Wildman–Crippen LogP) is 4.09. The molecular weight excluding hydrogens is 586 g/mol. The first-order chi connectivity index (χ1) is 22.1. The minimum absolute atomic E-state index is 0.0705. The molecule has 0 spiro atoms. The molecule has 242 valence electrons. The Bertz CT molecular complexity index is 1470. The molecule has 11 heteroatoms. The van der Waals surface area contributed by atoms with Crippen LogP contribution in [-0.4, -0.2) is 111 Å². The second-order valence-electron chi connectivity index (χ2n) is 13.0. The van der Waals surface area contributed by atoms with Gasteiger partial charge < -0.3 is 29.5 Å². The average Bonchev–Trinajstić information content (AvgIpc) is 3.43. The van der Waals surface area contributed by atoms with E-state index in [0.717, 1.165) is 104 Å². The highest BCUT2D eigenvalue weighted by Gasteiger charge is 2.42. The topological polar surface area (TPSA) is 86.3 Å². The number of methoxy groups -OCH3 is 1. The van der Waals surface area contributed by atoms with Gasteiger partial charge in [0.2, 0.25) is 5.91 Å². The van der Waals surface area contributed by atoms with Gasteiger partial charge in [0.1, 0.15) is 11.4 Å². The van der Waals surface area contributed by atoms with Crippen LogP contribution in [0.25, 0.3) is 10.9 Å². The molecular formula is C34H47N7O3S. The standard InChI is InChI=1S/C34H47N7O3S/c1-24-19-25-7-5-8-35-31(25)32(33(24)43-2)40-12-6-11-39(13-14-40)29(27-23-45-34(37-27)41-15-17-44-18-16-41)21-30(42)36-22-26-20-28(26)38-9-3-4-10-38/h5,7-8,19,23,26,28-29H,3-4,6,9-18,20-22H2,1-2H3,(H,36,42). The number of benzene rings is 1. The van der Waals surface area contributed by atoms with Gasteiger partial charge in [-0.2, -0.15) is 0 Å². The molecule has 0 bridgehead atoms. The molecule has 1 N–H and O–H groups in total. The van der Waals surface area contributed by atoms with E-state index in [1.807, 2.05) is 12.3 Å². The van der Waals surface area contributed by atoms with Crippen LogP contribution in [0.1, 0.15) is 49.4 Å². The Balaban J connectivity index is 1.08. The zero-order chi connectivity index (χ0) is 30.8. The molecule has 1 aromatic carbocycles. The van der Waals surface area contributed by atoms with Gasteiger partial charge in [0.05, 0.1) is 37.6 Å². The second-order valence-corrected chi connectivity index (χ2v) is 13.8. The number of aromatic nitrogens is 2. The molecule has 1 aliphatic carbocycles. The quantitative estimate of drug-likeness (QED) is 0.355. The number of thiazole rings is 1. The van der Waals surface area contributed by atoms with Crippen molar-refractivity contribution < 1.29 is 14.3 Å². The molecule has 4 fully saturated rings. The van der Waals surface area contributed by atoms with Crippen molar-refractivity contribution in [3.8, 4) is 5.75 Å². The van der Waals surface area contributed by atoms with E-state index in [1.54, 1.807) is 18.4 Å². The summed E-state index contributed by atoms with van der Waals surface area (Å²) in [5.41, 5.74) is 4.17. The van der Waals surface area contributed by atoms with E-state index in [2.05, 4.69) is 49.4 Å². The third kappa shape index (κ3) is 6.77. The number of pyridine rings is 1. The van der Waals surface area contributed by atoms with Gasteiger partial charge >= 0.3 is 0 Å². The van der Waals surface area contributed by atoms with Crippen LogP contribution in [0.3, 0.4) is 0 Å². The second kappa shape index (κ2) is 13.8. The fraction of sp³-hybridized carbons (Fsp3) is 0.618. The van der Waals surface area contributed by atoms with E-state index in [4.69, 9.17) is 19.4 Å². The molecule has 3 saturated heterocycles. The van der Waals surface area contributed by atoms with E-state index in [0.29, 0.717) is 18.4 Å². The Morgan fingerprint density at radius 3 is 2.76 bits per heavy atom. The number of aryl methyl sites for hydroxylation is 1. The first kappa shape index (κ1) is 30.7. The van der Waals surface area contributed by atoms with Gasteiger partial charge in [0, 0.05) is 75.2 Å². The maximum atomic E-state index is 13.5. The van der Waals surface area contributed by atoms with Crippen molar-refractivity contribution in [2.75, 3.05) is 89.0 Å². The maximum absolute atomic E-state index is 13.5. The number of rotatable bonds is 10. The van der Waals surface area contributed by atoms with Crippen molar-refractivity contribution in [2.45, 2.75) is 51.1 Å². The third-order valence-electron chi connectivity index (χ3n) is 10.1. The van der Waals surface area contributed by atoms with Gasteiger partial charge in [-0.05, 0) is 69.3 Å². The van der Waals surface area contributed by atoms with Gasteiger partial charge in [0.15, 0.2) is 5.13 Å². The molecule has 45 heavy (non-hydrogen) atoms. The summed E-state index contributed by atoms with van der Waals surface area (Å²) in [5.74, 6) is 1.62. The molecule has 4 aliphatic rings. The zero-order valence-electron chi connectivity index (χ0n) is 26.7. The highest BCUT2D eigenvalue weighted by atomic mass is 32.1. The largest absolute Gasteiger partial charge is 0.494 e. The van der Waals surface area contributed by atoms with Crippen LogP contribution >= 0.6 is 11.3 Å². The summed E-state index contributed by atoms with van der Waals surface area (Å²) in [7, 11) is 1.75. The summed E-state index contributed by atoms with van der Waals surface area (Å²) in [5, 5.41) is 7.66. The Morgan fingerprint density at radius 1 is 1.09 bits per heavy atom. The fourth-order valence-electron chi connectivity index (χ4n) is 7.56. The Hall–Kier alpha value is -2.99. The van der Waals surface area contributed by atoms with Gasteiger partial charge in [-0.1, -0.05) is 6.07 Å². The van der Waals surface area contributed by atoms with Gasteiger partial charge in [0.25, 0.3) is 0 Å². The van der Waals surface area contributed by atoms with Crippen molar-refractivity contribution in [3.63, 3.8) is 0 Å². The van der Waals surface area contributed by atoms with E-state index in [9.17, 15) is 4.79 Å². The van der Waals surface area contributed by atoms with Crippen molar-refractivity contribution in [3.05, 3.63) is 41.0 Å². The minimum atomic E-state index is -0.0705. The lowest BCUT2D eigenvalue weighted by Crippen LogP contribution is -2.38. The number of anilines is 2. The van der Waals surface area contributed by atoms with Crippen LogP contribution in [-0.2, 0) is 9.53 Å². The van der Waals surface area contributed by atoms with E-state index < -0.39 is 0 Å². The van der Waals surface area contributed by atoms with Crippen LogP contribution in [0.5, 0.6) is 5.75 Å². The lowest BCUT2D eigenvalue weighted by atomic mass is 10.1. The number of nitrogens with zero attached hydrogens (tertiary/aromatic N) is 6. The van der Waals surface area contributed by atoms with Crippen LogP contribution in [0.2, 0.25) is 0 Å². The maximum Gasteiger partial charge on any atom is 0.221 e. The SMILES string of the molecule is COc1c(C)cc2cccnc2c1N1CCCN(C(CC(=O)NCC2CC2N2CCCC2)c2csc(N3CCOCC3)n2)CC1. The molecule has 5 heterocycles. The smallest absolute Gasteiger partial charge is 0.221 e. The predicted molar refractivity (Wildman–Crippen MR) is 180 cm³/mol. The van der Waals surface area contributed by atoms with Crippen molar-refractivity contribution in [1.82, 2.24) is 25.1 Å². The average molecular weight is 634 g/mol. The first-order valence-corrected chi connectivity index (χ1v) is 17.7. The lowest BCUT2D eigenvalue weighted by Gasteiger charge is -2.30. The van der Waals surface area contributed by atoms with E-state index >= 15 is 0 Å². The Morgan fingerprint density at radius 2 is 1.93 bits per heavy atom. The number of carbonyl (C=O) groups excluding carboxylic acids is 1. The summed E-state index contributed by atoms with van der Waals surface area (Å²) < 4.78 is 11.5. The summed E-state index contributed by atoms with van der Waals surface area (Å²) in [6.07, 6.45) is 7.10. The highest BCUT2D eigenvalue weighted by molar-refractivity contribution is 7.13. The van der Waals surface area contributed by atoms with E-state index in [-0.39, 0.29) is 11.9 Å². The third-order valence-corrected chi connectivity index (χ3v) is 11.0. The number of hydrogen-bond acceptors (Lipinski definition) is 10. The number of hydrogen-bond donors (Lipinski definition) is 1. The molecule has 1 amide bonds. The number of likely N-dealkylation sites (tertiary alicyclic amines) is 1. The van der Waals surface area contributed by atoms with Crippen LogP contribution < -0.4 is 19.9 Å². The molecule has 3 unspecified atom stereocenters. The number of morpholine rings is 1. The summed E-state index contributed by atoms with van der Waals surface area (Å²) in [6.45, 7) is 12.0. The van der Waals surface area contributed by atoms with Crippen molar-refractivity contribution in [1.29, 1.82) is 0 Å². The number of ether oxygens (including phenoxy) is 2. The molecule has 7 rings (SSSR count). The normalized spacial score (nSPS) is 23.7. The van der Waals surface area contributed by atoms with Gasteiger partial charge in [-0.3, -0.25) is 14.7 Å². The number of amides is 1. The Labute approximate surface area is 270 Å². The first-order valence-electron chi connectivity index (χ1n) is 16.8. The molecule has 1 saturated carbocycles. The number of carbonyl (C=O) groups is 1. The minimum Gasteiger partial charge on any atom is -0.494 e. The number of fused-ring (bicyclic) bond motifs is 1. The molecule has 10 nitrogen and oxygen atoms in total. The summed E-state index contributed by atoms with van der Waals surface area (Å²) in [4.78, 5) is 33.3. The monoisotopic (exact) mass is 633 g/mol. The van der Waals surface area contributed by atoms with Gasteiger partial charge in [-0.15, -0.1) is 11.3 Å². The molecule has 3 aromatic rings. The van der Waals surface area contributed by atoms with Gasteiger partial charge in [-0.25, -0.2) is 4.98 Å².